The maximum atomic E-state index is 10.4. The zero-order chi connectivity index (χ0) is 8.48. The topological polar surface area (TPSA) is 71.3 Å². The molecular weight excluding hydrogens is 166 g/mol. The van der Waals surface area contributed by atoms with Gasteiger partial charge < -0.3 is 4.55 Å². The molecule has 0 aromatic carbocycles. The zero-order valence-electron chi connectivity index (χ0n) is 5.87. The van der Waals surface area contributed by atoms with Crippen LogP contribution < -0.4 is 4.98 Å². The van der Waals surface area contributed by atoms with Gasteiger partial charge in [-0.3, -0.25) is 0 Å². The Labute approximate surface area is 64.6 Å². The van der Waals surface area contributed by atoms with Gasteiger partial charge in [0, 0.05) is 13.0 Å². The Morgan fingerprint density at radius 2 is 2.09 bits per heavy atom. The van der Waals surface area contributed by atoms with Gasteiger partial charge in [-0.15, -0.1) is 0 Å². The van der Waals surface area contributed by atoms with Crippen LogP contribution in [0, 0.1) is 6.92 Å². The van der Waals surface area contributed by atoms with Crippen LogP contribution in [0.4, 0.5) is 0 Å². The van der Waals surface area contributed by atoms with Gasteiger partial charge in [0.25, 0.3) is 0 Å². The van der Waals surface area contributed by atoms with Crippen molar-refractivity contribution in [3.63, 3.8) is 0 Å². The molecule has 0 spiro atoms. The van der Waals surface area contributed by atoms with E-state index in [-0.39, 0.29) is 4.90 Å². The van der Waals surface area contributed by atoms with E-state index < -0.39 is 10.1 Å². The Morgan fingerprint density at radius 3 is 2.45 bits per heavy atom. The monoisotopic (exact) mass is 173 g/mol. The molecule has 5 heteroatoms. The minimum atomic E-state index is -4.30. The van der Waals surface area contributed by atoms with Crippen LogP contribution in [0.15, 0.2) is 23.2 Å². The fourth-order valence-corrected chi connectivity index (χ4v) is 1.08. The predicted molar refractivity (Wildman–Crippen MR) is 35.7 cm³/mol. The molecule has 1 aromatic heterocycles. The number of hydrogen-bond donors (Lipinski definition) is 0. The number of aryl methyl sites for hydroxylation is 1. The molecule has 0 saturated heterocycles. The van der Waals surface area contributed by atoms with Crippen molar-refractivity contribution < 1.29 is 18.0 Å². The molecule has 1 N–H and O–H groups in total. The van der Waals surface area contributed by atoms with E-state index in [9.17, 15) is 13.0 Å². The highest BCUT2D eigenvalue weighted by atomic mass is 32.2. The molecule has 0 fully saturated rings. The number of H-pyrrole nitrogens is 1. The summed E-state index contributed by atoms with van der Waals surface area (Å²) in [4.78, 5) is 2.39. The van der Waals surface area contributed by atoms with Gasteiger partial charge in [-0.2, -0.15) is 0 Å². The molecule has 1 rings (SSSR count). The Balaban J connectivity index is 3.20. The molecule has 0 unspecified atom stereocenters. The maximum Gasteiger partial charge on any atom is 0.184 e. The van der Waals surface area contributed by atoms with Crippen LogP contribution in [-0.4, -0.2) is 13.0 Å². The van der Waals surface area contributed by atoms with Crippen LogP contribution in [0.5, 0.6) is 0 Å². The van der Waals surface area contributed by atoms with Crippen molar-refractivity contribution in [1.29, 1.82) is 0 Å². The molecule has 0 amide bonds. The highest BCUT2D eigenvalue weighted by Crippen LogP contribution is 2.03. The second-order valence-electron chi connectivity index (χ2n) is 2.16. The SMILES string of the molecule is Cc1ccc(S(=O)(=O)[O-])c[nH+]1. The number of aromatic nitrogens is 1. The summed E-state index contributed by atoms with van der Waals surface area (Å²) in [7, 11) is -4.30. The molecule has 60 valence electrons. The van der Waals surface area contributed by atoms with Gasteiger partial charge in [-0.25, -0.2) is 13.4 Å². The first-order valence-corrected chi connectivity index (χ1v) is 4.35. The summed E-state index contributed by atoms with van der Waals surface area (Å²) in [6.45, 7) is 1.77. The summed E-state index contributed by atoms with van der Waals surface area (Å²) in [6.07, 6.45) is 1.18. The summed E-state index contributed by atoms with van der Waals surface area (Å²) in [5, 5.41) is 0. The lowest BCUT2D eigenvalue weighted by atomic mass is 10.4. The zero-order valence-corrected chi connectivity index (χ0v) is 6.68. The van der Waals surface area contributed by atoms with Crippen molar-refractivity contribution in [2.75, 3.05) is 0 Å². The average Bonchev–Trinajstić information content (AvgIpc) is 1.86. The minimum absolute atomic E-state index is 0.233. The number of hydrogen-bond acceptors (Lipinski definition) is 3. The third kappa shape index (κ3) is 1.99. The summed E-state index contributed by atoms with van der Waals surface area (Å²) in [6, 6.07) is 2.80. The summed E-state index contributed by atoms with van der Waals surface area (Å²) >= 11 is 0. The van der Waals surface area contributed by atoms with Gasteiger partial charge in [0.1, 0.15) is 15.0 Å². The first-order valence-electron chi connectivity index (χ1n) is 2.94. The van der Waals surface area contributed by atoms with Gasteiger partial charge in [0.15, 0.2) is 11.9 Å². The van der Waals surface area contributed by atoms with E-state index in [1.54, 1.807) is 6.92 Å². The van der Waals surface area contributed by atoms with Crippen LogP contribution in [0.1, 0.15) is 5.69 Å². The highest BCUT2D eigenvalue weighted by molar-refractivity contribution is 7.85. The molecule has 11 heavy (non-hydrogen) atoms. The van der Waals surface area contributed by atoms with Crippen molar-refractivity contribution in [3.8, 4) is 0 Å². The fourth-order valence-electron chi connectivity index (χ4n) is 0.644. The van der Waals surface area contributed by atoms with E-state index in [1.807, 2.05) is 0 Å². The summed E-state index contributed by atoms with van der Waals surface area (Å²) < 4.78 is 31.1. The molecule has 1 aromatic rings. The number of nitrogens with one attached hydrogen (secondary N) is 1. The number of aromatic amines is 1. The standard InChI is InChI=1S/C6H7NO3S/c1-5-2-3-6(4-7-5)11(8,9)10/h2-4H,1H3,(H,8,9,10). The van der Waals surface area contributed by atoms with Crippen molar-refractivity contribution >= 4 is 10.1 Å². The molecule has 0 aliphatic heterocycles. The van der Waals surface area contributed by atoms with Crippen molar-refractivity contribution in [1.82, 2.24) is 0 Å². The lowest BCUT2D eigenvalue weighted by Gasteiger charge is -2.02. The van der Waals surface area contributed by atoms with E-state index in [0.29, 0.717) is 0 Å². The van der Waals surface area contributed by atoms with Crippen molar-refractivity contribution in [2.24, 2.45) is 0 Å². The largest absolute Gasteiger partial charge is 0.744 e. The average molecular weight is 173 g/mol. The van der Waals surface area contributed by atoms with Gasteiger partial charge in [0.2, 0.25) is 0 Å². The molecule has 4 nitrogen and oxygen atoms in total. The smallest absolute Gasteiger partial charge is 0.184 e. The normalized spacial score (nSPS) is 11.5. The lowest BCUT2D eigenvalue weighted by Crippen LogP contribution is -2.10. The second-order valence-corrected chi connectivity index (χ2v) is 3.54. The molecule has 0 radical (unpaired) electrons. The molecule has 0 bridgehead atoms. The second kappa shape index (κ2) is 2.60. The van der Waals surface area contributed by atoms with Crippen molar-refractivity contribution in [2.45, 2.75) is 11.8 Å². The van der Waals surface area contributed by atoms with E-state index >= 15 is 0 Å². The van der Waals surface area contributed by atoms with Gasteiger partial charge in [-0.05, 0) is 6.07 Å². The molecule has 0 atom stereocenters. The summed E-state index contributed by atoms with van der Waals surface area (Å²) in [5.41, 5.74) is 0.803. The Kier molecular flexibility index (Phi) is 1.92. The Hall–Kier alpha value is -0.940. The quantitative estimate of drug-likeness (QED) is 0.548. The minimum Gasteiger partial charge on any atom is -0.744 e. The van der Waals surface area contributed by atoms with E-state index in [1.165, 1.54) is 18.3 Å². The maximum absolute atomic E-state index is 10.4. The van der Waals surface area contributed by atoms with Crippen LogP contribution >= 0.6 is 0 Å². The summed E-state index contributed by atoms with van der Waals surface area (Å²) in [5.74, 6) is 0. The Bertz CT molecular complexity index is 341. The highest BCUT2D eigenvalue weighted by Gasteiger charge is 2.03. The van der Waals surface area contributed by atoms with Gasteiger partial charge in [0.05, 0.1) is 0 Å². The first-order chi connectivity index (χ1) is 5.00. The Morgan fingerprint density at radius 1 is 1.45 bits per heavy atom. The molecule has 0 saturated carbocycles. The molecule has 1 heterocycles. The lowest BCUT2D eigenvalue weighted by molar-refractivity contribution is -0.390. The first kappa shape index (κ1) is 8.16. The fraction of sp³-hybridized carbons (Fsp3) is 0.167. The van der Waals surface area contributed by atoms with Crippen LogP contribution in [0.25, 0.3) is 0 Å². The van der Waals surface area contributed by atoms with E-state index in [2.05, 4.69) is 4.98 Å². The van der Waals surface area contributed by atoms with Crippen molar-refractivity contribution in [3.05, 3.63) is 24.0 Å². The number of pyridine rings is 1. The van der Waals surface area contributed by atoms with Crippen LogP contribution in [0.2, 0.25) is 0 Å². The third-order valence-corrected chi connectivity index (χ3v) is 2.06. The van der Waals surface area contributed by atoms with Gasteiger partial charge >= 0.3 is 0 Å². The third-order valence-electron chi connectivity index (χ3n) is 1.23. The predicted octanol–water partition coefficient (Wildman–Crippen LogP) is -0.287. The number of rotatable bonds is 1. The van der Waals surface area contributed by atoms with E-state index in [0.717, 1.165) is 5.69 Å². The van der Waals surface area contributed by atoms with Crippen LogP contribution in [-0.2, 0) is 10.1 Å². The molecule has 0 aliphatic carbocycles. The molecule has 0 aliphatic rings. The van der Waals surface area contributed by atoms with E-state index in [4.69, 9.17) is 0 Å². The van der Waals surface area contributed by atoms with Crippen LogP contribution in [0.3, 0.4) is 0 Å². The molecular formula is C6H7NO3S. The van der Waals surface area contributed by atoms with Gasteiger partial charge in [-0.1, -0.05) is 0 Å².